The Bertz CT molecular complexity index is 268. The molecule has 1 saturated heterocycles. The number of hydrogen-bond donors (Lipinski definition) is 1. The van der Waals surface area contributed by atoms with E-state index in [1.54, 1.807) is 6.20 Å². The Morgan fingerprint density at radius 3 is 3.31 bits per heavy atom. The van der Waals surface area contributed by atoms with E-state index in [1.807, 2.05) is 11.8 Å². The fourth-order valence-corrected chi connectivity index (χ4v) is 2.67. The molecule has 0 aliphatic carbocycles. The van der Waals surface area contributed by atoms with E-state index in [0.717, 1.165) is 11.7 Å². The zero-order valence-electron chi connectivity index (χ0n) is 7.40. The highest BCUT2D eigenvalue weighted by Gasteiger charge is 2.22. The van der Waals surface area contributed by atoms with Crippen molar-refractivity contribution in [3.63, 3.8) is 0 Å². The molecule has 3 nitrogen and oxygen atoms in total. The normalized spacial score (nSPS) is 22.4. The van der Waals surface area contributed by atoms with E-state index < -0.39 is 0 Å². The van der Waals surface area contributed by atoms with E-state index in [4.69, 9.17) is 9.52 Å². The lowest BCUT2D eigenvalue weighted by atomic mass is 10.2. The molecule has 2 rings (SSSR count). The molecule has 1 unspecified atom stereocenters. The van der Waals surface area contributed by atoms with Gasteiger partial charge in [0.05, 0.1) is 18.1 Å². The van der Waals surface area contributed by atoms with Gasteiger partial charge in [0, 0.05) is 6.42 Å². The van der Waals surface area contributed by atoms with Crippen molar-refractivity contribution in [2.45, 2.75) is 24.5 Å². The zero-order chi connectivity index (χ0) is 9.10. The maximum Gasteiger partial charge on any atom is 0.207 e. The smallest absolute Gasteiger partial charge is 0.207 e. The highest BCUT2D eigenvalue weighted by atomic mass is 32.2. The van der Waals surface area contributed by atoms with Crippen LogP contribution in [0, 0.1) is 0 Å². The fraction of sp³-hybridized carbons (Fsp3) is 0.667. The molecule has 1 aliphatic rings. The molecule has 2 heterocycles. The standard InChI is InChI=1S/C9H13NO2S/c11-4-3-7-6-10-9(12-7)8-2-1-5-13-8/h6,8,11H,1-5H2. The van der Waals surface area contributed by atoms with Crippen molar-refractivity contribution in [1.29, 1.82) is 0 Å². The lowest BCUT2D eigenvalue weighted by Gasteiger charge is -2.00. The molecule has 0 radical (unpaired) electrons. The zero-order valence-corrected chi connectivity index (χ0v) is 8.22. The summed E-state index contributed by atoms with van der Waals surface area (Å²) in [7, 11) is 0. The summed E-state index contributed by atoms with van der Waals surface area (Å²) in [4.78, 5) is 4.22. The first kappa shape index (κ1) is 9.09. The third kappa shape index (κ3) is 2.06. The highest BCUT2D eigenvalue weighted by molar-refractivity contribution is 7.99. The predicted octanol–water partition coefficient (Wildman–Crippen LogP) is 1.78. The Morgan fingerprint density at radius 2 is 2.62 bits per heavy atom. The fourth-order valence-electron chi connectivity index (χ4n) is 1.47. The van der Waals surface area contributed by atoms with E-state index in [2.05, 4.69) is 4.98 Å². The maximum absolute atomic E-state index is 8.70. The Hall–Kier alpha value is -0.480. The van der Waals surface area contributed by atoms with Gasteiger partial charge in [-0.3, -0.25) is 0 Å². The van der Waals surface area contributed by atoms with E-state index in [0.29, 0.717) is 11.7 Å². The molecule has 72 valence electrons. The molecule has 0 bridgehead atoms. The molecule has 0 amide bonds. The third-order valence-electron chi connectivity index (χ3n) is 2.13. The minimum Gasteiger partial charge on any atom is -0.444 e. The molecule has 0 aromatic carbocycles. The minimum atomic E-state index is 0.131. The first-order chi connectivity index (χ1) is 6.40. The molecule has 1 N–H and O–H groups in total. The molecule has 1 atom stereocenters. The van der Waals surface area contributed by atoms with Crippen LogP contribution in [0.15, 0.2) is 10.6 Å². The number of aliphatic hydroxyl groups excluding tert-OH is 1. The lowest BCUT2D eigenvalue weighted by molar-refractivity contribution is 0.285. The summed E-state index contributed by atoms with van der Waals surface area (Å²) in [6.45, 7) is 0.131. The molecule has 0 spiro atoms. The van der Waals surface area contributed by atoms with Crippen molar-refractivity contribution in [3.8, 4) is 0 Å². The van der Waals surface area contributed by atoms with E-state index in [-0.39, 0.29) is 6.61 Å². The Labute approximate surface area is 81.5 Å². The van der Waals surface area contributed by atoms with Crippen molar-refractivity contribution in [2.75, 3.05) is 12.4 Å². The van der Waals surface area contributed by atoms with Crippen LogP contribution in [0.1, 0.15) is 29.7 Å². The predicted molar refractivity (Wildman–Crippen MR) is 51.7 cm³/mol. The summed E-state index contributed by atoms with van der Waals surface area (Å²) in [5, 5.41) is 9.15. The van der Waals surface area contributed by atoms with Crippen molar-refractivity contribution in [1.82, 2.24) is 4.98 Å². The lowest BCUT2D eigenvalue weighted by Crippen LogP contribution is -1.88. The molecule has 0 saturated carbocycles. The molecule has 13 heavy (non-hydrogen) atoms. The average Bonchev–Trinajstić information content (AvgIpc) is 2.70. The Balaban J connectivity index is 2.03. The third-order valence-corrected chi connectivity index (χ3v) is 3.50. The van der Waals surface area contributed by atoms with Crippen LogP contribution in [0.25, 0.3) is 0 Å². The number of thioether (sulfide) groups is 1. The number of nitrogens with zero attached hydrogens (tertiary/aromatic N) is 1. The van der Waals surface area contributed by atoms with Gasteiger partial charge in [0.2, 0.25) is 5.89 Å². The quantitative estimate of drug-likeness (QED) is 0.806. The van der Waals surface area contributed by atoms with Crippen LogP contribution >= 0.6 is 11.8 Å². The van der Waals surface area contributed by atoms with Gasteiger partial charge in [0.1, 0.15) is 5.76 Å². The number of rotatable bonds is 3. The van der Waals surface area contributed by atoms with Gasteiger partial charge in [-0.25, -0.2) is 4.98 Å². The second-order valence-electron chi connectivity index (χ2n) is 3.14. The summed E-state index contributed by atoms with van der Waals surface area (Å²) in [5.74, 6) is 2.85. The minimum absolute atomic E-state index is 0.131. The molecular weight excluding hydrogens is 186 g/mol. The molecule has 1 aliphatic heterocycles. The van der Waals surface area contributed by atoms with Crippen LogP contribution < -0.4 is 0 Å². The van der Waals surface area contributed by atoms with E-state index in [1.165, 1.54) is 18.6 Å². The Kier molecular flexibility index (Phi) is 2.90. The average molecular weight is 199 g/mol. The van der Waals surface area contributed by atoms with Crippen molar-refractivity contribution < 1.29 is 9.52 Å². The first-order valence-corrected chi connectivity index (χ1v) is 5.62. The van der Waals surface area contributed by atoms with Crippen LogP contribution in [0.5, 0.6) is 0 Å². The SMILES string of the molecule is OCCc1cnc(C2CCCS2)o1. The van der Waals surface area contributed by atoms with Crippen LogP contribution in [0.4, 0.5) is 0 Å². The largest absolute Gasteiger partial charge is 0.444 e. The summed E-state index contributed by atoms with van der Waals surface area (Å²) in [6, 6.07) is 0. The van der Waals surface area contributed by atoms with Gasteiger partial charge in [0.25, 0.3) is 0 Å². The molecule has 1 fully saturated rings. The number of hydrogen-bond acceptors (Lipinski definition) is 4. The number of aliphatic hydroxyl groups is 1. The molecule has 4 heteroatoms. The number of aromatic nitrogens is 1. The summed E-state index contributed by atoms with van der Waals surface area (Å²) >= 11 is 1.91. The van der Waals surface area contributed by atoms with Crippen molar-refractivity contribution in [2.24, 2.45) is 0 Å². The van der Waals surface area contributed by atoms with Crippen molar-refractivity contribution in [3.05, 3.63) is 17.8 Å². The van der Waals surface area contributed by atoms with E-state index >= 15 is 0 Å². The van der Waals surface area contributed by atoms with Gasteiger partial charge >= 0.3 is 0 Å². The van der Waals surface area contributed by atoms with Gasteiger partial charge in [-0.2, -0.15) is 0 Å². The topological polar surface area (TPSA) is 46.3 Å². The number of oxazole rings is 1. The summed E-state index contributed by atoms with van der Waals surface area (Å²) < 4.78 is 5.52. The second-order valence-corrected chi connectivity index (χ2v) is 4.45. The van der Waals surface area contributed by atoms with Crippen LogP contribution in [-0.4, -0.2) is 22.5 Å². The van der Waals surface area contributed by atoms with Crippen LogP contribution in [0.2, 0.25) is 0 Å². The van der Waals surface area contributed by atoms with Gasteiger partial charge in [-0.15, -0.1) is 11.8 Å². The van der Waals surface area contributed by atoms with Crippen LogP contribution in [0.3, 0.4) is 0 Å². The van der Waals surface area contributed by atoms with Gasteiger partial charge < -0.3 is 9.52 Å². The highest BCUT2D eigenvalue weighted by Crippen LogP contribution is 2.39. The molecular formula is C9H13NO2S. The van der Waals surface area contributed by atoms with Crippen molar-refractivity contribution >= 4 is 11.8 Å². The first-order valence-electron chi connectivity index (χ1n) is 4.57. The van der Waals surface area contributed by atoms with Gasteiger partial charge in [-0.1, -0.05) is 0 Å². The molecule has 1 aromatic heterocycles. The van der Waals surface area contributed by atoms with Crippen LogP contribution in [-0.2, 0) is 6.42 Å². The summed E-state index contributed by atoms with van der Waals surface area (Å²) in [5.41, 5.74) is 0. The monoisotopic (exact) mass is 199 g/mol. The van der Waals surface area contributed by atoms with E-state index in [9.17, 15) is 0 Å². The Morgan fingerprint density at radius 1 is 1.69 bits per heavy atom. The maximum atomic E-state index is 8.70. The summed E-state index contributed by atoms with van der Waals surface area (Å²) in [6.07, 6.45) is 4.73. The molecule has 1 aromatic rings. The van der Waals surface area contributed by atoms with Gasteiger partial charge in [0.15, 0.2) is 0 Å². The second kappa shape index (κ2) is 4.15. The van der Waals surface area contributed by atoms with Gasteiger partial charge in [-0.05, 0) is 18.6 Å².